The van der Waals surface area contributed by atoms with Crippen LogP contribution in [0.1, 0.15) is 30.5 Å². The van der Waals surface area contributed by atoms with Crippen molar-refractivity contribution in [3.8, 4) is 0 Å². The molecule has 2 atom stereocenters. The third-order valence-electron chi connectivity index (χ3n) is 4.50. The number of anilines is 2. The molecule has 6 nitrogen and oxygen atoms in total. The molecule has 1 aliphatic heterocycles. The molecule has 1 aromatic heterocycles. The fourth-order valence-electron chi connectivity index (χ4n) is 3.19. The number of nitrogens with one attached hydrogen (secondary N) is 1. The van der Waals surface area contributed by atoms with Crippen LogP contribution < -0.4 is 10.2 Å². The van der Waals surface area contributed by atoms with E-state index in [1.807, 2.05) is 19.0 Å². The zero-order valence-electron chi connectivity index (χ0n) is 13.8. The van der Waals surface area contributed by atoms with Gasteiger partial charge in [0, 0.05) is 33.4 Å². The minimum atomic E-state index is 0.0748. The number of ether oxygens (including phenoxy) is 2. The van der Waals surface area contributed by atoms with E-state index in [1.165, 1.54) is 24.1 Å². The topological polar surface area (TPSA) is 59.5 Å². The van der Waals surface area contributed by atoms with Gasteiger partial charge in [0.2, 0.25) is 5.95 Å². The Morgan fingerprint density at radius 2 is 2.05 bits per heavy atom. The van der Waals surface area contributed by atoms with Gasteiger partial charge < -0.3 is 19.7 Å². The molecule has 1 fully saturated rings. The second-order valence-corrected chi connectivity index (χ2v) is 6.29. The van der Waals surface area contributed by atoms with Crippen LogP contribution in [0.2, 0.25) is 0 Å². The molecule has 1 N–H and O–H groups in total. The summed E-state index contributed by atoms with van der Waals surface area (Å²) in [5.41, 5.74) is 2.49. The lowest BCUT2D eigenvalue weighted by molar-refractivity contribution is -0.0367. The highest BCUT2D eigenvalue weighted by Crippen LogP contribution is 2.29. The van der Waals surface area contributed by atoms with Crippen molar-refractivity contribution in [3.63, 3.8) is 0 Å². The Morgan fingerprint density at radius 3 is 2.82 bits per heavy atom. The van der Waals surface area contributed by atoms with E-state index in [-0.39, 0.29) is 12.1 Å². The van der Waals surface area contributed by atoms with Gasteiger partial charge >= 0.3 is 0 Å². The maximum atomic E-state index is 5.56. The number of aromatic nitrogens is 2. The number of methoxy groups -OCH3 is 1. The molecule has 0 amide bonds. The number of aryl methyl sites for hydroxylation is 1. The van der Waals surface area contributed by atoms with Crippen LogP contribution in [-0.2, 0) is 22.3 Å². The fourth-order valence-corrected chi connectivity index (χ4v) is 3.19. The van der Waals surface area contributed by atoms with Gasteiger partial charge in [-0.3, -0.25) is 0 Å². The van der Waals surface area contributed by atoms with Crippen molar-refractivity contribution < 1.29 is 9.47 Å². The number of fused-ring (bicyclic) bond motifs is 1. The molecular formula is C16H26N4O2. The lowest BCUT2D eigenvalue weighted by Gasteiger charge is -2.32. The lowest BCUT2D eigenvalue weighted by atomic mass is 9.96. The highest BCUT2D eigenvalue weighted by Gasteiger charge is 2.28. The minimum Gasteiger partial charge on any atom is -0.379 e. The minimum absolute atomic E-state index is 0.0748. The number of nitrogens with zero attached hydrogens (tertiary/aromatic N) is 3. The third kappa shape index (κ3) is 3.17. The van der Waals surface area contributed by atoms with Crippen LogP contribution in [0.25, 0.3) is 0 Å². The number of hydrogen-bond donors (Lipinski definition) is 1. The van der Waals surface area contributed by atoms with Crippen LogP contribution in [0.3, 0.4) is 0 Å². The first-order valence-corrected chi connectivity index (χ1v) is 8.13. The van der Waals surface area contributed by atoms with Crippen LogP contribution in [0.4, 0.5) is 11.8 Å². The van der Waals surface area contributed by atoms with E-state index in [4.69, 9.17) is 19.4 Å². The van der Waals surface area contributed by atoms with Gasteiger partial charge in [0.05, 0.1) is 18.3 Å². The van der Waals surface area contributed by atoms with E-state index in [0.717, 1.165) is 37.6 Å². The van der Waals surface area contributed by atoms with E-state index >= 15 is 0 Å². The lowest BCUT2D eigenvalue weighted by Crippen LogP contribution is -2.43. The molecule has 1 aromatic rings. The van der Waals surface area contributed by atoms with Crippen molar-refractivity contribution in [3.05, 3.63) is 11.3 Å². The average Bonchev–Trinajstić information content (AvgIpc) is 2.55. The molecule has 0 aromatic carbocycles. The summed E-state index contributed by atoms with van der Waals surface area (Å²) in [6, 6.07) is 0.245. The SMILES string of the molecule is CO[C@H]1COCC[C@@H]1Nc1nc(N(C)C)nc2c1CCCC2. The Bertz CT molecular complexity index is 521. The first-order chi connectivity index (χ1) is 10.7. The number of rotatable bonds is 4. The second kappa shape index (κ2) is 6.79. The average molecular weight is 306 g/mol. The van der Waals surface area contributed by atoms with Crippen molar-refractivity contribution in [1.29, 1.82) is 0 Å². The summed E-state index contributed by atoms with van der Waals surface area (Å²) in [5, 5.41) is 3.62. The summed E-state index contributed by atoms with van der Waals surface area (Å²) < 4.78 is 11.1. The van der Waals surface area contributed by atoms with Gasteiger partial charge in [-0.2, -0.15) is 4.98 Å². The van der Waals surface area contributed by atoms with Crippen LogP contribution in [0, 0.1) is 0 Å². The molecular weight excluding hydrogens is 280 g/mol. The summed E-state index contributed by atoms with van der Waals surface area (Å²) in [6.07, 6.45) is 5.56. The molecule has 0 unspecified atom stereocenters. The maximum Gasteiger partial charge on any atom is 0.227 e. The van der Waals surface area contributed by atoms with Gasteiger partial charge in [-0.25, -0.2) is 4.98 Å². The standard InChI is InChI=1S/C16H26N4O2/c1-20(2)16-18-12-7-5-4-6-11(12)15(19-16)17-13-8-9-22-10-14(13)21-3/h13-14H,4-10H2,1-3H3,(H,17,18,19)/t13-,14-/m0/s1. The highest BCUT2D eigenvalue weighted by molar-refractivity contribution is 5.52. The largest absolute Gasteiger partial charge is 0.379 e. The summed E-state index contributed by atoms with van der Waals surface area (Å²) in [6.45, 7) is 1.41. The molecule has 0 spiro atoms. The molecule has 2 aliphatic rings. The molecule has 0 saturated carbocycles. The Kier molecular flexibility index (Phi) is 4.78. The molecule has 22 heavy (non-hydrogen) atoms. The molecule has 122 valence electrons. The van der Waals surface area contributed by atoms with E-state index in [1.54, 1.807) is 7.11 Å². The first kappa shape index (κ1) is 15.5. The van der Waals surface area contributed by atoms with Crippen LogP contribution >= 0.6 is 0 Å². The summed E-state index contributed by atoms with van der Waals surface area (Å²) in [5.74, 6) is 1.77. The van der Waals surface area contributed by atoms with Gasteiger partial charge in [0.1, 0.15) is 11.9 Å². The fraction of sp³-hybridized carbons (Fsp3) is 0.750. The molecule has 0 bridgehead atoms. The van der Waals surface area contributed by atoms with E-state index < -0.39 is 0 Å². The van der Waals surface area contributed by atoms with Gasteiger partial charge in [-0.05, 0) is 32.1 Å². The summed E-state index contributed by atoms with van der Waals surface area (Å²) in [4.78, 5) is 11.5. The molecule has 1 saturated heterocycles. The highest BCUT2D eigenvalue weighted by atomic mass is 16.5. The van der Waals surface area contributed by atoms with Gasteiger partial charge in [-0.1, -0.05) is 0 Å². The van der Waals surface area contributed by atoms with E-state index in [2.05, 4.69) is 5.32 Å². The molecule has 3 rings (SSSR count). The Morgan fingerprint density at radius 1 is 1.23 bits per heavy atom. The molecule has 0 radical (unpaired) electrons. The normalized spacial score (nSPS) is 24.7. The van der Waals surface area contributed by atoms with Crippen molar-refractivity contribution in [2.24, 2.45) is 0 Å². The summed E-state index contributed by atoms with van der Waals surface area (Å²) >= 11 is 0. The zero-order chi connectivity index (χ0) is 15.5. The van der Waals surface area contributed by atoms with Crippen LogP contribution in [-0.4, -0.2) is 56.5 Å². The number of hydrogen-bond acceptors (Lipinski definition) is 6. The van der Waals surface area contributed by atoms with Crippen molar-refractivity contribution in [2.75, 3.05) is 44.6 Å². The third-order valence-corrected chi connectivity index (χ3v) is 4.50. The van der Waals surface area contributed by atoms with E-state index in [9.17, 15) is 0 Å². The smallest absolute Gasteiger partial charge is 0.227 e. The van der Waals surface area contributed by atoms with Gasteiger partial charge in [0.25, 0.3) is 0 Å². The Hall–Kier alpha value is -1.40. The van der Waals surface area contributed by atoms with Gasteiger partial charge in [0.15, 0.2) is 0 Å². The first-order valence-electron chi connectivity index (χ1n) is 8.13. The van der Waals surface area contributed by atoms with Crippen LogP contribution in [0.15, 0.2) is 0 Å². The van der Waals surface area contributed by atoms with Crippen molar-refractivity contribution in [1.82, 2.24) is 9.97 Å². The van der Waals surface area contributed by atoms with Gasteiger partial charge in [-0.15, -0.1) is 0 Å². The van der Waals surface area contributed by atoms with Crippen molar-refractivity contribution in [2.45, 2.75) is 44.2 Å². The quantitative estimate of drug-likeness (QED) is 0.912. The Labute approximate surface area is 132 Å². The maximum absolute atomic E-state index is 5.56. The van der Waals surface area contributed by atoms with Crippen LogP contribution in [0.5, 0.6) is 0 Å². The zero-order valence-corrected chi connectivity index (χ0v) is 13.8. The Balaban J connectivity index is 1.89. The second-order valence-electron chi connectivity index (χ2n) is 6.29. The van der Waals surface area contributed by atoms with E-state index in [0.29, 0.717) is 6.61 Å². The summed E-state index contributed by atoms with van der Waals surface area (Å²) in [7, 11) is 5.72. The molecule has 6 heteroatoms. The predicted molar refractivity (Wildman–Crippen MR) is 86.6 cm³/mol. The molecule has 1 aliphatic carbocycles. The predicted octanol–water partition coefficient (Wildman–Crippen LogP) is 1.64. The molecule has 2 heterocycles. The monoisotopic (exact) mass is 306 g/mol. The van der Waals surface area contributed by atoms with Crippen molar-refractivity contribution >= 4 is 11.8 Å².